The van der Waals surface area contributed by atoms with E-state index in [9.17, 15) is 30.3 Å². The molecule has 9 nitrogen and oxygen atoms in total. The van der Waals surface area contributed by atoms with Crippen molar-refractivity contribution in [1.82, 2.24) is 0 Å². The number of aromatic hydroxyl groups is 5. The number of rotatable bonds is 4. The molecular formula is C23H20O9. The van der Waals surface area contributed by atoms with Crippen molar-refractivity contribution in [3.63, 3.8) is 0 Å². The Bertz CT molecular complexity index is 1150. The number of benzene rings is 3. The molecule has 0 spiro atoms. The minimum atomic E-state index is -0.906. The maximum atomic E-state index is 12.8. The molecule has 3 aromatic carbocycles. The van der Waals surface area contributed by atoms with E-state index in [-0.39, 0.29) is 29.2 Å². The Kier molecular flexibility index (Phi) is 5.31. The fourth-order valence-electron chi connectivity index (χ4n) is 3.56. The Morgan fingerprint density at radius 1 is 0.938 bits per heavy atom. The van der Waals surface area contributed by atoms with E-state index >= 15 is 0 Å². The molecule has 0 radical (unpaired) electrons. The normalized spacial score (nSPS) is 17.2. The first-order valence-electron chi connectivity index (χ1n) is 9.58. The molecule has 2 atom stereocenters. The van der Waals surface area contributed by atoms with Gasteiger partial charge in [-0.1, -0.05) is 12.1 Å². The predicted molar refractivity (Wildman–Crippen MR) is 110 cm³/mol. The molecule has 5 N–H and O–H groups in total. The lowest BCUT2D eigenvalue weighted by Gasteiger charge is -2.34. The number of hydrogen-bond donors (Lipinski definition) is 5. The predicted octanol–water partition coefficient (Wildman–Crippen LogP) is 3.13. The van der Waals surface area contributed by atoms with Crippen LogP contribution in [0.1, 0.15) is 27.6 Å². The van der Waals surface area contributed by atoms with Gasteiger partial charge in [-0.05, 0) is 29.8 Å². The third-order valence-electron chi connectivity index (χ3n) is 5.18. The average molecular weight is 440 g/mol. The van der Waals surface area contributed by atoms with Crippen LogP contribution in [0.4, 0.5) is 0 Å². The molecule has 166 valence electrons. The van der Waals surface area contributed by atoms with Crippen molar-refractivity contribution in [3.8, 4) is 40.2 Å². The highest BCUT2D eigenvalue weighted by molar-refractivity contribution is 5.91. The largest absolute Gasteiger partial charge is 0.508 e. The van der Waals surface area contributed by atoms with Gasteiger partial charge in [0.05, 0.1) is 12.7 Å². The molecule has 0 amide bonds. The third kappa shape index (κ3) is 3.87. The molecule has 3 aromatic rings. The molecule has 0 unspecified atom stereocenters. The number of ether oxygens (including phenoxy) is 3. The van der Waals surface area contributed by atoms with E-state index in [1.807, 2.05) is 0 Å². The van der Waals surface area contributed by atoms with Crippen LogP contribution >= 0.6 is 0 Å². The van der Waals surface area contributed by atoms with Gasteiger partial charge in [-0.3, -0.25) is 0 Å². The first-order chi connectivity index (χ1) is 15.3. The minimum absolute atomic E-state index is 0.0694. The van der Waals surface area contributed by atoms with Gasteiger partial charge in [0.1, 0.15) is 29.1 Å². The summed E-state index contributed by atoms with van der Waals surface area (Å²) in [6, 6.07) is 11.3. The fourth-order valence-corrected chi connectivity index (χ4v) is 3.56. The number of carbonyl (C=O) groups is 1. The molecule has 0 fully saturated rings. The van der Waals surface area contributed by atoms with Gasteiger partial charge in [0.2, 0.25) is 0 Å². The summed E-state index contributed by atoms with van der Waals surface area (Å²) in [5, 5.41) is 49.0. The molecule has 0 saturated carbocycles. The Balaban J connectivity index is 1.69. The summed E-state index contributed by atoms with van der Waals surface area (Å²) < 4.78 is 16.8. The zero-order chi connectivity index (χ0) is 23.0. The Hall–Kier alpha value is -4.27. The summed E-state index contributed by atoms with van der Waals surface area (Å²) in [4.78, 5) is 12.8. The van der Waals surface area contributed by atoms with Crippen molar-refractivity contribution in [2.24, 2.45) is 0 Å². The number of esters is 1. The molecule has 32 heavy (non-hydrogen) atoms. The summed E-state index contributed by atoms with van der Waals surface area (Å²) in [7, 11) is 1.53. The van der Waals surface area contributed by atoms with Crippen LogP contribution in [-0.2, 0) is 11.2 Å². The summed E-state index contributed by atoms with van der Waals surface area (Å²) in [6.45, 7) is 0. The fraction of sp³-hybridized carbons (Fsp3) is 0.174. The van der Waals surface area contributed by atoms with Gasteiger partial charge in [-0.15, -0.1) is 0 Å². The van der Waals surface area contributed by atoms with Crippen molar-refractivity contribution in [2.45, 2.75) is 18.6 Å². The van der Waals surface area contributed by atoms with E-state index in [1.165, 1.54) is 13.2 Å². The van der Waals surface area contributed by atoms with Gasteiger partial charge >= 0.3 is 5.97 Å². The molecule has 4 rings (SSSR count). The van der Waals surface area contributed by atoms with Crippen LogP contribution in [0.25, 0.3) is 0 Å². The number of carbonyl (C=O) groups excluding carboxylic acids is 1. The number of hydrogen-bond acceptors (Lipinski definition) is 9. The highest BCUT2D eigenvalue weighted by Gasteiger charge is 2.36. The second-order valence-electron chi connectivity index (χ2n) is 7.26. The van der Waals surface area contributed by atoms with E-state index in [4.69, 9.17) is 14.2 Å². The molecule has 1 aliphatic heterocycles. The Morgan fingerprint density at radius 3 is 2.22 bits per heavy atom. The van der Waals surface area contributed by atoms with Crippen molar-refractivity contribution in [2.75, 3.05) is 7.11 Å². The van der Waals surface area contributed by atoms with E-state index in [2.05, 4.69) is 0 Å². The molecule has 0 bridgehead atoms. The van der Waals surface area contributed by atoms with Gasteiger partial charge in [-0.25, -0.2) is 4.79 Å². The first-order valence-corrected chi connectivity index (χ1v) is 9.58. The maximum absolute atomic E-state index is 12.8. The second-order valence-corrected chi connectivity index (χ2v) is 7.26. The van der Waals surface area contributed by atoms with Gasteiger partial charge in [0, 0.05) is 24.1 Å². The monoisotopic (exact) mass is 440 g/mol. The highest BCUT2D eigenvalue weighted by atomic mass is 16.6. The average Bonchev–Trinajstić information content (AvgIpc) is 2.77. The van der Waals surface area contributed by atoms with Crippen LogP contribution in [0.15, 0.2) is 48.5 Å². The lowest BCUT2D eigenvalue weighted by molar-refractivity contribution is -0.0188. The summed E-state index contributed by atoms with van der Waals surface area (Å²) in [5.74, 6) is -2.53. The maximum Gasteiger partial charge on any atom is 0.338 e. The number of methoxy groups -OCH3 is 1. The third-order valence-corrected chi connectivity index (χ3v) is 5.18. The smallest absolute Gasteiger partial charge is 0.338 e. The Morgan fingerprint density at radius 2 is 1.59 bits per heavy atom. The quantitative estimate of drug-likeness (QED) is 0.305. The van der Waals surface area contributed by atoms with Gasteiger partial charge in [-0.2, -0.15) is 0 Å². The molecule has 1 aliphatic rings. The summed E-state index contributed by atoms with van der Waals surface area (Å²) >= 11 is 0. The number of fused-ring (bicyclic) bond motifs is 1. The highest BCUT2D eigenvalue weighted by Crippen LogP contribution is 2.43. The zero-order valence-corrected chi connectivity index (χ0v) is 16.8. The zero-order valence-electron chi connectivity index (χ0n) is 16.8. The van der Waals surface area contributed by atoms with Crippen molar-refractivity contribution in [3.05, 3.63) is 65.2 Å². The van der Waals surface area contributed by atoms with Crippen molar-refractivity contribution >= 4 is 5.97 Å². The first kappa shape index (κ1) is 21.0. The lowest BCUT2D eigenvalue weighted by Crippen LogP contribution is -2.34. The van der Waals surface area contributed by atoms with E-state index in [1.54, 1.807) is 24.3 Å². The molecule has 9 heteroatoms. The van der Waals surface area contributed by atoms with Crippen molar-refractivity contribution in [1.29, 1.82) is 0 Å². The number of phenols is 5. The Labute approximate surface area is 182 Å². The second kappa shape index (κ2) is 8.10. The number of phenolic OH excluding ortho intramolecular Hbond substituents is 5. The lowest BCUT2D eigenvalue weighted by atomic mass is 9.93. The summed E-state index contributed by atoms with van der Waals surface area (Å²) in [5.41, 5.74) is 0.808. The van der Waals surface area contributed by atoms with E-state index < -0.39 is 35.4 Å². The molecule has 0 aromatic heterocycles. The molecule has 1 heterocycles. The topological polar surface area (TPSA) is 146 Å². The van der Waals surface area contributed by atoms with E-state index in [0.29, 0.717) is 16.9 Å². The minimum Gasteiger partial charge on any atom is -0.508 e. The SMILES string of the molecule is COc1ccc([C@H]2Oc3cc(O)cc(O)c3C[C@H]2OC(=O)c2cc(O)c(O)c(O)c2)cc1. The molecule has 0 aliphatic carbocycles. The van der Waals surface area contributed by atoms with Crippen LogP contribution in [0.2, 0.25) is 0 Å². The molecule has 0 saturated heterocycles. The van der Waals surface area contributed by atoms with Crippen LogP contribution < -0.4 is 9.47 Å². The van der Waals surface area contributed by atoms with Gasteiger partial charge < -0.3 is 39.7 Å². The van der Waals surface area contributed by atoms with Crippen LogP contribution in [0.3, 0.4) is 0 Å². The van der Waals surface area contributed by atoms with Crippen molar-refractivity contribution < 1.29 is 44.5 Å². The van der Waals surface area contributed by atoms with Gasteiger partial charge in [0.15, 0.2) is 23.4 Å². The van der Waals surface area contributed by atoms with Gasteiger partial charge in [0.25, 0.3) is 0 Å². The molecular weight excluding hydrogens is 420 g/mol. The van der Waals surface area contributed by atoms with E-state index in [0.717, 1.165) is 18.2 Å². The standard InChI is InChI=1S/C23H20O9/c1-30-14-4-2-11(3-5-14)22-20(10-15-16(25)8-13(24)9-19(15)31-22)32-23(29)12-6-17(26)21(28)18(27)7-12/h2-9,20,22,24-28H,10H2,1H3/t20-,22-/m1/s1. The van der Waals surface area contributed by atoms with Crippen LogP contribution in [0, 0.1) is 0 Å². The van der Waals surface area contributed by atoms with Crippen LogP contribution in [-0.4, -0.2) is 44.7 Å². The summed E-state index contributed by atoms with van der Waals surface area (Å²) in [6.07, 6.45) is -1.63. The van der Waals surface area contributed by atoms with Crippen LogP contribution in [0.5, 0.6) is 40.2 Å².